The van der Waals surface area contributed by atoms with Crippen LogP contribution in [0.5, 0.6) is 11.5 Å². The average Bonchev–Trinajstić information content (AvgIpc) is 3.25. The Morgan fingerprint density at radius 1 is 1.19 bits per heavy atom. The predicted octanol–water partition coefficient (Wildman–Crippen LogP) is 4.40. The predicted molar refractivity (Wildman–Crippen MR) is 123 cm³/mol. The molecule has 1 unspecified atom stereocenters. The lowest BCUT2D eigenvalue weighted by Gasteiger charge is -2.28. The number of halogens is 1. The third-order valence-corrected chi connectivity index (χ3v) is 5.86. The second kappa shape index (κ2) is 9.04. The molecule has 0 spiro atoms. The topological polar surface area (TPSA) is 87.5 Å². The Hall–Kier alpha value is -3.33. The van der Waals surface area contributed by atoms with Crippen LogP contribution in [0.25, 0.3) is 0 Å². The van der Waals surface area contributed by atoms with E-state index in [0.29, 0.717) is 39.8 Å². The van der Waals surface area contributed by atoms with E-state index < -0.39 is 12.0 Å². The first kappa shape index (κ1) is 21.9. The normalized spacial score (nSPS) is 15.1. The fraction of sp³-hybridized carbons (Fsp3) is 0.261. The minimum absolute atomic E-state index is 0.390. The van der Waals surface area contributed by atoms with Gasteiger partial charge in [0.15, 0.2) is 11.5 Å². The highest BCUT2D eigenvalue weighted by Gasteiger charge is 2.35. The lowest BCUT2D eigenvalue weighted by atomic mass is 9.95. The lowest BCUT2D eigenvalue weighted by Crippen LogP contribution is -2.29. The fourth-order valence-corrected chi connectivity index (χ4v) is 4.23. The number of ether oxygens (including phenoxy) is 3. The van der Waals surface area contributed by atoms with Gasteiger partial charge in [0.1, 0.15) is 19.0 Å². The molecule has 9 heteroatoms. The summed E-state index contributed by atoms with van der Waals surface area (Å²) in [5.41, 5.74) is 4.09. The van der Waals surface area contributed by atoms with Crippen LogP contribution in [0, 0.1) is 6.92 Å². The van der Waals surface area contributed by atoms with Crippen molar-refractivity contribution in [1.82, 2.24) is 14.8 Å². The van der Waals surface area contributed by atoms with Crippen molar-refractivity contribution in [2.45, 2.75) is 26.5 Å². The largest absolute Gasteiger partial charge is 0.493 e. The number of carbonyl (C=O) groups excluding carboxylic acids is 1. The number of nitrogens with one attached hydrogen (secondary N) is 1. The number of fused-ring (bicyclic) bond motifs is 1. The first-order valence-electron chi connectivity index (χ1n) is 9.94. The molecule has 1 N–H and O–H groups in total. The quantitative estimate of drug-likeness (QED) is 0.503. The van der Waals surface area contributed by atoms with E-state index in [-0.39, 0.29) is 0 Å². The van der Waals surface area contributed by atoms with E-state index in [1.165, 1.54) is 19.0 Å². The smallest absolute Gasteiger partial charge is 0.338 e. The molecular weight excluding hydrogens is 476 g/mol. The van der Waals surface area contributed by atoms with E-state index in [1.807, 2.05) is 50.2 Å². The zero-order chi connectivity index (χ0) is 22.8. The number of anilines is 1. The Morgan fingerprint density at radius 3 is 2.62 bits per heavy atom. The lowest BCUT2D eigenvalue weighted by molar-refractivity contribution is -0.136. The Balaban J connectivity index is 1.73. The van der Waals surface area contributed by atoms with Crippen LogP contribution < -0.4 is 14.8 Å². The van der Waals surface area contributed by atoms with E-state index in [9.17, 15) is 4.79 Å². The van der Waals surface area contributed by atoms with Gasteiger partial charge in [0.05, 0.1) is 24.3 Å². The molecule has 0 fully saturated rings. The molecule has 2 aromatic carbocycles. The third-order valence-electron chi connectivity index (χ3n) is 5.27. The SMILES string of the molecule is COC(=O)C1=C(C)Nc2ncnn2C1c1cc(Br)c(OCc2ccc(C)cc2)c(OC)c1. The highest BCUT2D eigenvalue weighted by Crippen LogP contribution is 2.43. The molecule has 0 radical (unpaired) electrons. The molecule has 0 amide bonds. The highest BCUT2D eigenvalue weighted by molar-refractivity contribution is 9.10. The molecule has 1 aliphatic heterocycles. The van der Waals surface area contributed by atoms with Crippen molar-refractivity contribution >= 4 is 27.8 Å². The van der Waals surface area contributed by atoms with Crippen molar-refractivity contribution < 1.29 is 19.0 Å². The monoisotopic (exact) mass is 498 g/mol. The number of rotatable bonds is 6. The van der Waals surface area contributed by atoms with E-state index in [4.69, 9.17) is 14.2 Å². The second-order valence-corrected chi connectivity index (χ2v) is 8.25. The molecule has 1 aliphatic rings. The average molecular weight is 499 g/mol. The number of carbonyl (C=O) groups is 1. The van der Waals surface area contributed by atoms with Gasteiger partial charge >= 0.3 is 5.97 Å². The molecule has 0 bridgehead atoms. The molecule has 1 aromatic heterocycles. The van der Waals surface area contributed by atoms with Crippen molar-refractivity contribution in [2.75, 3.05) is 19.5 Å². The number of methoxy groups -OCH3 is 2. The first-order valence-corrected chi connectivity index (χ1v) is 10.7. The maximum Gasteiger partial charge on any atom is 0.338 e. The molecule has 4 rings (SSSR count). The number of nitrogens with zero attached hydrogens (tertiary/aromatic N) is 3. The molecule has 0 aliphatic carbocycles. The van der Waals surface area contributed by atoms with Crippen molar-refractivity contribution in [2.24, 2.45) is 0 Å². The third kappa shape index (κ3) is 4.08. The molecular formula is C23H23BrN4O4. The van der Waals surface area contributed by atoms with Gasteiger partial charge in [-0.05, 0) is 53.0 Å². The van der Waals surface area contributed by atoms with Crippen molar-refractivity contribution in [3.05, 3.63) is 75.2 Å². The number of allylic oxidation sites excluding steroid dienone is 1. The number of aromatic nitrogens is 3. The van der Waals surface area contributed by atoms with Gasteiger partial charge in [-0.25, -0.2) is 9.48 Å². The van der Waals surface area contributed by atoms with Crippen molar-refractivity contribution in [1.29, 1.82) is 0 Å². The first-order chi connectivity index (χ1) is 15.4. The summed E-state index contributed by atoms with van der Waals surface area (Å²) >= 11 is 3.61. The van der Waals surface area contributed by atoms with Crippen LogP contribution in [-0.2, 0) is 16.1 Å². The number of aryl methyl sites for hydroxylation is 1. The second-order valence-electron chi connectivity index (χ2n) is 7.39. The number of benzene rings is 2. The minimum Gasteiger partial charge on any atom is -0.493 e. The number of hydrogen-bond donors (Lipinski definition) is 1. The molecule has 1 atom stereocenters. The standard InChI is InChI=1S/C23H23BrN4O4/c1-13-5-7-15(8-6-13)11-32-21-17(24)9-16(10-18(21)30-3)20-19(22(29)31-4)14(2)27-23-25-12-26-28(20)23/h5-10,12,20H,11H2,1-4H3,(H,25,26,27). The Labute approximate surface area is 194 Å². The van der Waals surface area contributed by atoms with Gasteiger partial charge in [-0.2, -0.15) is 10.1 Å². The summed E-state index contributed by atoms with van der Waals surface area (Å²) in [5, 5.41) is 7.42. The molecule has 0 saturated heterocycles. The van der Waals surface area contributed by atoms with Crippen molar-refractivity contribution in [3.63, 3.8) is 0 Å². The molecule has 166 valence electrons. The van der Waals surface area contributed by atoms with Gasteiger partial charge in [-0.15, -0.1) is 0 Å². The maximum atomic E-state index is 12.6. The van der Waals surface area contributed by atoms with Crippen LogP contribution in [0.3, 0.4) is 0 Å². The van der Waals surface area contributed by atoms with E-state index >= 15 is 0 Å². The van der Waals surface area contributed by atoms with E-state index in [2.05, 4.69) is 31.3 Å². The van der Waals surface area contributed by atoms with Gasteiger partial charge in [-0.3, -0.25) is 0 Å². The number of hydrogen-bond acceptors (Lipinski definition) is 7. The zero-order valence-corrected chi connectivity index (χ0v) is 19.8. The molecule has 2 heterocycles. The van der Waals surface area contributed by atoms with Crippen molar-refractivity contribution in [3.8, 4) is 11.5 Å². The van der Waals surface area contributed by atoms with Gasteiger partial charge in [-0.1, -0.05) is 29.8 Å². The molecule has 3 aromatic rings. The zero-order valence-electron chi connectivity index (χ0n) is 18.2. The summed E-state index contributed by atoms with van der Waals surface area (Å²) in [6.45, 7) is 4.24. The Bertz CT molecular complexity index is 1190. The summed E-state index contributed by atoms with van der Waals surface area (Å²) in [6.07, 6.45) is 1.44. The summed E-state index contributed by atoms with van der Waals surface area (Å²) in [7, 11) is 2.94. The van der Waals surface area contributed by atoms with Crippen LogP contribution in [0.2, 0.25) is 0 Å². The van der Waals surface area contributed by atoms with Crippen LogP contribution in [0.15, 0.2) is 58.5 Å². The van der Waals surface area contributed by atoms with Gasteiger partial charge in [0.2, 0.25) is 5.95 Å². The minimum atomic E-state index is -0.544. The summed E-state index contributed by atoms with van der Waals surface area (Å²) in [4.78, 5) is 16.9. The van der Waals surface area contributed by atoms with Gasteiger partial charge < -0.3 is 19.5 Å². The molecule has 8 nitrogen and oxygen atoms in total. The summed E-state index contributed by atoms with van der Waals surface area (Å²) < 4.78 is 19.1. The van der Waals surface area contributed by atoms with Crippen LogP contribution in [0.4, 0.5) is 5.95 Å². The van der Waals surface area contributed by atoms with Gasteiger partial charge in [0.25, 0.3) is 0 Å². The summed E-state index contributed by atoms with van der Waals surface area (Å²) in [6, 6.07) is 11.3. The van der Waals surface area contributed by atoms with E-state index in [0.717, 1.165) is 11.1 Å². The highest BCUT2D eigenvalue weighted by atomic mass is 79.9. The van der Waals surface area contributed by atoms with Crippen LogP contribution in [-0.4, -0.2) is 35.0 Å². The number of esters is 1. The van der Waals surface area contributed by atoms with Crippen LogP contribution in [0.1, 0.15) is 29.7 Å². The molecule has 32 heavy (non-hydrogen) atoms. The van der Waals surface area contributed by atoms with E-state index in [1.54, 1.807) is 11.8 Å². The van der Waals surface area contributed by atoms with Crippen LogP contribution >= 0.6 is 15.9 Å². The maximum absolute atomic E-state index is 12.6. The Kier molecular flexibility index (Phi) is 6.18. The fourth-order valence-electron chi connectivity index (χ4n) is 3.65. The molecule has 0 saturated carbocycles. The summed E-state index contributed by atoms with van der Waals surface area (Å²) in [5.74, 6) is 1.19. The Morgan fingerprint density at radius 2 is 1.94 bits per heavy atom. The van der Waals surface area contributed by atoms with Gasteiger partial charge in [0, 0.05) is 5.70 Å².